The predicted octanol–water partition coefficient (Wildman–Crippen LogP) is 3.70. The molecule has 0 aliphatic carbocycles. The molecule has 4 rings (SSSR count). The average molecular weight is 503 g/mol. The standard InChI is InChI=1S/C24H23FN2O5S2/c25-18-6-8-19(9-7-18)27(17-24(28)26-12-15-33-20-4-2-1-3-5-20)34(29,30)21-10-11-22-23(16-21)32-14-13-31-22/h1-11,16H,12-15,17H2,(H,26,28). The highest BCUT2D eigenvalue weighted by Crippen LogP contribution is 2.34. The number of thioether (sulfide) groups is 1. The zero-order valence-corrected chi connectivity index (χ0v) is 19.8. The third-order valence-corrected chi connectivity index (χ3v) is 7.72. The van der Waals surface area contributed by atoms with Crippen molar-refractivity contribution in [3.63, 3.8) is 0 Å². The summed E-state index contributed by atoms with van der Waals surface area (Å²) in [5, 5.41) is 2.75. The third-order valence-electron chi connectivity index (χ3n) is 4.94. The van der Waals surface area contributed by atoms with Crippen LogP contribution in [0.15, 0.2) is 82.6 Å². The topological polar surface area (TPSA) is 84.9 Å². The number of rotatable bonds is 9. The molecule has 178 valence electrons. The van der Waals surface area contributed by atoms with Crippen LogP contribution < -0.4 is 19.1 Å². The Hall–Kier alpha value is -3.24. The van der Waals surface area contributed by atoms with Gasteiger partial charge < -0.3 is 14.8 Å². The molecule has 0 spiro atoms. The van der Waals surface area contributed by atoms with Gasteiger partial charge in [-0.25, -0.2) is 12.8 Å². The van der Waals surface area contributed by atoms with E-state index in [1.807, 2.05) is 30.3 Å². The van der Waals surface area contributed by atoms with Crippen molar-refractivity contribution in [1.82, 2.24) is 5.32 Å². The molecule has 1 amide bonds. The zero-order valence-electron chi connectivity index (χ0n) is 18.1. The van der Waals surface area contributed by atoms with Gasteiger partial charge in [0.1, 0.15) is 25.6 Å². The van der Waals surface area contributed by atoms with Crippen LogP contribution >= 0.6 is 11.8 Å². The Labute approximate surface area is 201 Å². The second-order valence-corrected chi connectivity index (χ2v) is 10.3. The van der Waals surface area contributed by atoms with Crippen LogP contribution in [0, 0.1) is 5.82 Å². The summed E-state index contributed by atoms with van der Waals surface area (Å²) < 4.78 is 52.4. The number of hydrogen-bond acceptors (Lipinski definition) is 6. The largest absolute Gasteiger partial charge is 0.486 e. The Bertz CT molecular complexity index is 1240. The third kappa shape index (κ3) is 5.81. The van der Waals surface area contributed by atoms with Gasteiger partial charge in [-0.2, -0.15) is 0 Å². The van der Waals surface area contributed by atoms with Crippen LogP contribution in [0.5, 0.6) is 11.5 Å². The number of ether oxygens (including phenoxy) is 2. The second-order valence-electron chi connectivity index (χ2n) is 7.31. The summed E-state index contributed by atoms with van der Waals surface area (Å²) in [5.74, 6) is 0.407. The Morgan fingerprint density at radius 3 is 2.41 bits per heavy atom. The number of carbonyl (C=O) groups excluding carboxylic acids is 1. The Morgan fingerprint density at radius 1 is 0.971 bits per heavy atom. The van der Waals surface area contributed by atoms with E-state index in [9.17, 15) is 17.6 Å². The maximum atomic E-state index is 13.5. The normalized spacial score (nSPS) is 12.7. The second kappa shape index (κ2) is 10.8. The molecule has 0 bridgehead atoms. The van der Waals surface area contributed by atoms with Crippen LogP contribution in [0.25, 0.3) is 0 Å². The van der Waals surface area contributed by atoms with Crippen LogP contribution in [0.1, 0.15) is 0 Å². The van der Waals surface area contributed by atoms with E-state index < -0.39 is 28.3 Å². The van der Waals surface area contributed by atoms with Crippen molar-refractivity contribution >= 4 is 33.4 Å². The fourth-order valence-corrected chi connectivity index (χ4v) is 5.52. The lowest BCUT2D eigenvalue weighted by Crippen LogP contribution is -2.41. The smallest absolute Gasteiger partial charge is 0.264 e. The molecule has 0 saturated heterocycles. The summed E-state index contributed by atoms with van der Waals surface area (Å²) >= 11 is 1.58. The van der Waals surface area contributed by atoms with Gasteiger partial charge in [0.2, 0.25) is 5.91 Å². The molecule has 0 radical (unpaired) electrons. The molecular formula is C24H23FN2O5S2. The van der Waals surface area contributed by atoms with Crippen molar-refractivity contribution in [2.45, 2.75) is 9.79 Å². The maximum Gasteiger partial charge on any atom is 0.264 e. The van der Waals surface area contributed by atoms with E-state index in [-0.39, 0.29) is 10.6 Å². The van der Waals surface area contributed by atoms with Crippen LogP contribution in [0.4, 0.5) is 10.1 Å². The van der Waals surface area contributed by atoms with Crippen LogP contribution in [0.3, 0.4) is 0 Å². The lowest BCUT2D eigenvalue weighted by atomic mass is 10.3. The SMILES string of the molecule is O=C(CN(c1ccc(F)cc1)S(=O)(=O)c1ccc2c(c1)OCCO2)NCCSc1ccccc1. The fraction of sp³-hybridized carbons (Fsp3) is 0.208. The lowest BCUT2D eigenvalue weighted by molar-refractivity contribution is -0.119. The van der Waals surface area contributed by atoms with Crippen molar-refractivity contribution in [3.8, 4) is 11.5 Å². The number of hydrogen-bond donors (Lipinski definition) is 1. The molecule has 3 aromatic carbocycles. The molecule has 0 aromatic heterocycles. The Morgan fingerprint density at radius 2 is 1.68 bits per heavy atom. The minimum absolute atomic E-state index is 0.0616. The molecule has 10 heteroatoms. The highest BCUT2D eigenvalue weighted by Gasteiger charge is 2.29. The predicted molar refractivity (Wildman–Crippen MR) is 129 cm³/mol. The van der Waals surface area contributed by atoms with Crippen LogP contribution in [-0.4, -0.2) is 46.4 Å². The fourth-order valence-electron chi connectivity index (χ4n) is 3.30. The van der Waals surface area contributed by atoms with E-state index in [2.05, 4.69) is 5.32 Å². The van der Waals surface area contributed by atoms with Crippen molar-refractivity contribution in [2.24, 2.45) is 0 Å². The molecule has 34 heavy (non-hydrogen) atoms. The number of nitrogens with one attached hydrogen (secondary N) is 1. The van der Waals surface area contributed by atoms with Crippen molar-refractivity contribution in [2.75, 3.05) is 36.4 Å². The Kier molecular flexibility index (Phi) is 7.59. The minimum Gasteiger partial charge on any atom is -0.486 e. The van der Waals surface area contributed by atoms with Gasteiger partial charge in [-0.05, 0) is 48.5 Å². The number of carbonyl (C=O) groups is 1. The van der Waals surface area contributed by atoms with E-state index in [4.69, 9.17) is 9.47 Å². The summed E-state index contributed by atoms with van der Waals surface area (Å²) in [5.41, 5.74) is 0.171. The molecule has 1 aliphatic heterocycles. The van der Waals surface area contributed by atoms with Gasteiger partial charge in [0.25, 0.3) is 10.0 Å². The maximum absolute atomic E-state index is 13.5. The summed E-state index contributed by atoms with van der Waals surface area (Å²) in [7, 11) is -4.16. The van der Waals surface area contributed by atoms with E-state index >= 15 is 0 Å². The van der Waals surface area contributed by atoms with Gasteiger partial charge in [0.15, 0.2) is 11.5 Å². The number of fused-ring (bicyclic) bond motifs is 1. The van der Waals surface area contributed by atoms with E-state index in [0.717, 1.165) is 21.3 Å². The molecule has 1 N–H and O–H groups in total. The molecule has 7 nitrogen and oxygen atoms in total. The minimum atomic E-state index is -4.16. The summed E-state index contributed by atoms with van der Waals surface area (Å²) in [6.07, 6.45) is 0. The number of benzene rings is 3. The van der Waals surface area contributed by atoms with Gasteiger partial charge in [-0.1, -0.05) is 18.2 Å². The van der Waals surface area contributed by atoms with Gasteiger partial charge in [0, 0.05) is 23.3 Å². The first kappa shape index (κ1) is 23.9. The highest BCUT2D eigenvalue weighted by atomic mass is 32.2. The monoisotopic (exact) mass is 502 g/mol. The quantitative estimate of drug-likeness (QED) is 0.355. The average Bonchev–Trinajstić information content (AvgIpc) is 2.86. The first-order chi connectivity index (χ1) is 16.4. The molecule has 1 aliphatic rings. The van der Waals surface area contributed by atoms with E-state index in [0.29, 0.717) is 37.0 Å². The highest BCUT2D eigenvalue weighted by molar-refractivity contribution is 7.99. The first-order valence-electron chi connectivity index (χ1n) is 10.6. The van der Waals surface area contributed by atoms with Gasteiger partial charge in [-0.15, -0.1) is 11.8 Å². The van der Waals surface area contributed by atoms with Crippen LogP contribution in [-0.2, 0) is 14.8 Å². The summed E-state index contributed by atoms with van der Waals surface area (Å²) in [6, 6.07) is 19.0. The number of nitrogens with zero attached hydrogens (tertiary/aromatic N) is 1. The van der Waals surface area contributed by atoms with Crippen molar-refractivity contribution < 1.29 is 27.1 Å². The van der Waals surface area contributed by atoms with Crippen molar-refractivity contribution in [1.29, 1.82) is 0 Å². The van der Waals surface area contributed by atoms with Gasteiger partial charge in [-0.3, -0.25) is 9.10 Å². The zero-order chi connectivity index (χ0) is 24.0. The van der Waals surface area contributed by atoms with E-state index in [1.165, 1.54) is 30.3 Å². The molecule has 0 unspecified atom stereocenters. The Balaban J connectivity index is 1.50. The summed E-state index contributed by atoms with van der Waals surface area (Å²) in [4.78, 5) is 13.7. The van der Waals surface area contributed by atoms with Crippen LogP contribution in [0.2, 0.25) is 0 Å². The molecular weight excluding hydrogens is 479 g/mol. The van der Waals surface area contributed by atoms with Crippen molar-refractivity contribution in [3.05, 3.63) is 78.6 Å². The van der Waals surface area contributed by atoms with E-state index in [1.54, 1.807) is 11.8 Å². The van der Waals surface area contributed by atoms with Gasteiger partial charge >= 0.3 is 0 Å². The number of sulfonamides is 1. The lowest BCUT2D eigenvalue weighted by Gasteiger charge is -2.25. The number of amides is 1. The first-order valence-corrected chi connectivity index (χ1v) is 13.0. The molecule has 3 aromatic rings. The summed E-state index contributed by atoms with van der Waals surface area (Å²) in [6.45, 7) is 0.587. The molecule has 0 fully saturated rings. The molecule has 0 atom stereocenters. The van der Waals surface area contributed by atoms with Gasteiger partial charge in [0.05, 0.1) is 10.6 Å². The molecule has 0 saturated carbocycles. The molecule has 1 heterocycles. The number of anilines is 1. The number of halogens is 1.